The molecule has 2 aromatic rings. The molecule has 0 aliphatic rings. The normalized spacial score (nSPS) is 12.8. The van der Waals surface area contributed by atoms with E-state index in [9.17, 15) is 14.0 Å². The lowest BCUT2D eigenvalue weighted by Crippen LogP contribution is -2.50. The van der Waals surface area contributed by atoms with Crippen molar-refractivity contribution >= 4 is 23.6 Å². The molecule has 2 amide bonds. The maximum absolute atomic E-state index is 13.0. The first-order chi connectivity index (χ1) is 14.3. The van der Waals surface area contributed by atoms with Crippen molar-refractivity contribution in [2.75, 3.05) is 5.75 Å². The summed E-state index contributed by atoms with van der Waals surface area (Å²) in [7, 11) is 0. The van der Waals surface area contributed by atoms with Crippen LogP contribution in [0, 0.1) is 12.7 Å². The number of hydrogen-bond acceptors (Lipinski definition) is 3. The van der Waals surface area contributed by atoms with Crippen LogP contribution in [0.4, 0.5) is 4.39 Å². The number of carbonyl (C=O) groups is 2. The summed E-state index contributed by atoms with van der Waals surface area (Å²) in [4.78, 5) is 27.3. The van der Waals surface area contributed by atoms with Crippen LogP contribution in [0.5, 0.6) is 0 Å². The molecule has 0 spiro atoms. The number of amides is 2. The van der Waals surface area contributed by atoms with Crippen molar-refractivity contribution in [1.29, 1.82) is 0 Å². The number of thioether (sulfide) groups is 1. The molecule has 0 unspecified atom stereocenters. The molecule has 0 saturated carbocycles. The Morgan fingerprint density at radius 3 is 2.23 bits per heavy atom. The number of aryl methyl sites for hydroxylation is 1. The van der Waals surface area contributed by atoms with Crippen LogP contribution in [0.15, 0.2) is 48.5 Å². The van der Waals surface area contributed by atoms with Gasteiger partial charge in [0.25, 0.3) is 0 Å². The molecule has 0 saturated heterocycles. The van der Waals surface area contributed by atoms with Gasteiger partial charge in [-0.2, -0.15) is 0 Å². The number of nitrogens with zero attached hydrogens (tertiary/aromatic N) is 1. The topological polar surface area (TPSA) is 49.4 Å². The van der Waals surface area contributed by atoms with E-state index in [2.05, 4.69) is 5.32 Å². The van der Waals surface area contributed by atoms with E-state index in [4.69, 9.17) is 0 Å². The molecule has 162 valence electrons. The second-order valence-corrected chi connectivity index (χ2v) is 8.61. The maximum Gasteiger partial charge on any atom is 0.242 e. The first-order valence-electron chi connectivity index (χ1n) is 10.3. The zero-order chi connectivity index (χ0) is 22.1. The maximum atomic E-state index is 13.0. The summed E-state index contributed by atoms with van der Waals surface area (Å²) in [5.41, 5.74) is 3.09. The quantitative estimate of drug-likeness (QED) is 0.594. The summed E-state index contributed by atoms with van der Waals surface area (Å²) in [6.45, 7) is 8.13. The highest BCUT2D eigenvalue weighted by Gasteiger charge is 2.26. The second kappa shape index (κ2) is 11.7. The van der Waals surface area contributed by atoms with E-state index in [0.29, 0.717) is 12.3 Å². The predicted molar refractivity (Wildman–Crippen MR) is 122 cm³/mol. The van der Waals surface area contributed by atoms with Gasteiger partial charge in [0, 0.05) is 18.3 Å². The molecule has 0 aliphatic carbocycles. The Morgan fingerprint density at radius 1 is 1.03 bits per heavy atom. The lowest BCUT2D eigenvalue weighted by Gasteiger charge is -2.29. The van der Waals surface area contributed by atoms with Crippen molar-refractivity contribution in [3.8, 4) is 0 Å². The summed E-state index contributed by atoms with van der Waals surface area (Å²) in [6, 6.07) is 13.8. The molecular weight excluding hydrogens is 399 g/mol. The Bertz CT molecular complexity index is 824. The molecule has 2 aromatic carbocycles. The molecule has 2 rings (SSSR count). The molecule has 0 aliphatic heterocycles. The zero-order valence-electron chi connectivity index (χ0n) is 18.2. The van der Waals surface area contributed by atoms with Crippen LogP contribution >= 0.6 is 11.8 Å². The monoisotopic (exact) mass is 430 g/mol. The highest BCUT2D eigenvalue weighted by molar-refractivity contribution is 7.99. The van der Waals surface area contributed by atoms with Gasteiger partial charge >= 0.3 is 0 Å². The SMILES string of the molecule is CC[C@@H](C)NC(=O)[C@H](C)N(Cc1ccc(C)cc1)C(=O)CSCc1ccc(F)cc1. The van der Waals surface area contributed by atoms with Crippen molar-refractivity contribution in [1.82, 2.24) is 10.2 Å². The van der Waals surface area contributed by atoms with Crippen molar-refractivity contribution in [3.63, 3.8) is 0 Å². The third-order valence-corrected chi connectivity index (χ3v) is 6.04. The summed E-state index contributed by atoms with van der Waals surface area (Å²) >= 11 is 1.46. The van der Waals surface area contributed by atoms with Gasteiger partial charge in [-0.15, -0.1) is 11.8 Å². The minimum absolute atomic E-state index is 0.0594. The van der Waals surface area contributed by atoms with Gasteiger partial charge in [0.05, 0.1) is 5.75 Å². The van der Waals surface area contributed by atoms with Gasteiger partial charge in [-0.3, -0.25) is 9.59 Å². The lowest BCUT2D eigenvalue weighted by atomic mass is 10.1. The molecule has 4 nitrogen and oxygen atoms in total. The second-order valence-electron chi connectivity index (χ2n) is 7.62. The largest absolute Gasteiger partial charge is 0.352 e. The van der Waals surface area contributed by atoms with Crippen LogP contribution in [-0.2, 0) is 21.9 Å². The van der Waals surface area contributed by atoms with E-state index in [-0.39, 0.29) is 29.4 Å². The Kier molecular flexibility index (Phi) is 9.37. The third kappa shape index (κ3) is 7.48. The summed E-state index contributed by atoms with van der Waals surface area (Å²) in [5, 5.41) is 2.97. The van der Waals surface area contributed by atoms with Crippen LogP contribution in [0.2, 0.25) is 0 Å². The average molecular weight is 431 g/mol. The first kappa shape index (κ1) is 23.9. The van der Waals surface area contributed by atoms with E-state index in [1.165, 1.54) is 23.9 Å². The third-order valence-electron chi connectivity index (χ3n) is 5.05. The van der Waals surface area contributed by atoms with Crippen LogP contribution in [0.25, 0.3) is 0 Å². The van der Waals surface area contributed by atoms with Gasteiger partial charge in [-0.1, -0.05) is 48.9 Å². The van der Waals surface area contributed by atoms with Crippen LogP contribution in [0.3, 0.4) is 0 Å². The van der Waals surface area contributed by atoms with Gasteiger partial charge in [-0.25, -0.2) is 4.39 Å². The molecule has 0 radical (unpaired) electrons. The van der Waals surface area contributed by atoms with Crippen LogP contribution in [-0.4, -0.2) is 34.6 Å². The highest BCUT2D eigenvalue weighted by atomic mass is 32.2. The highest BCUT2D eigenvalue weighted by Crippen LogP contribution is 2.17. The predicted octanol–water partition coefficient (Wildman–Crippen LogP) is 4.70. The average Bonchev–Trinajstić information content (AvgIpc) is 2.74. The summed E-state index contributed by atoms with van der Waals surface area (Å²) in [6.07, 6.45) is 0.831. The van der Waals surface area contributed by atoms with Gasteiger partial charge < -0.3 is 10.2 Å². The minimum Gasteiger partial charge on any atom is -0.352 e. The van der Waals surface area contributed by atoms with E-state index < -0.39 is 6.04 Å². The van der Waals surface area contributed by atoms with Crippen molar-refractivity contribution in [2.45, 2.75) is 58.5 Å². The van der Waals surface area contributed by atoms with E-state index in [1.807, 2.05) is 45.0 Å². The molecule has 1 N–H and O–H groups in total. The molecule has 0 fully saturated rings. The van der Waals surface area contributed by atoms with Gasteiger partial charge in [-0.05, 0) is 50.5 Å². The number of carbonyl (C=O) groups excluding carboxylic acids is 2. The number of rotatable bonds is 10. The molecule has 30 heavy (non-hydrogen) atoms. The van der Waals surface area contributed by atoms with Gasteiger partial charge in [0.15, 0.2) is 0 Å². The Hall–Kier alpha value is -2.34. The molecule has 0 heterocycles. The molecule has 6 heteroatoms. The molecular formula is C24H31FN2O2S. The van der Waals surface area contributed by atoms with E-state index >= 15 is 0 Å². The standard InChI is InChI=1S/C24H31FN2O2S/c1-5-18(3)26-24(29)19(4)27(14-20-8-6-17(2)7-9-20)23(28)16-30-15-21-10-12-22(25)13-11-21/h6-13,18-19H,5,14-16H2,1-4H3,(H,26,29)/t18-,19+/m1/s1. The van der Waals surface area contributed by atoms with Gasteiger partial charge in [0.1, 0.15) is 11.9 Å². The zero-order valence-corrected chi connectivity index (χ0v) is 19.0. The van der Waals surface area contributed by atoms with Crippen molar-refractivity contribution in [2.24, 2.45) is 0 Å². The molecule has 0 bridgehead atoms. The van der Waals surface area contributed by atoms with E-state index in [0.717, 1.165) is 23.1 Å². The molecule has 2 atom stereocenters. The number of halogens is 1. The Labute approximate surface area is 183 Å². The fourth-order valence-electron chi connectivity index (χ4n) is 2.86. The first-order valence-corrected chi connectivity index (χ1v) is 11.4. The lowest BCUT2D eigenvalue weighted by molar-refractivity contribution is -0.138. The Morgan fingerprint density at radius 2 is 1.63 bits per heavy atom. The number of hydrogen-bond donors (Lipinski definition) is 1. The van der Waals surface area contributed by atoms with E-state index in [1.54, 1.807) is 24.0 Å². The number of benzene rings is 2. The fraction of sp³-hybridized carbons (Fsp3) is 0.417. The summed E-state index contributed by atoms with van der Waals surface area (Å²) in [5.74, 6) is 0.357. The van der Waals surface area contributed by atoms with Gasteiger partial charge in [0.2, 0.25) is 11.8 Å². The number of nitrogens with one attached hydrogen (secondary N) is 1. The minimum atomic E-state index is -0.570. The van der Waals surface area contributed by atoms with Crippen molar-refractivity contribution < 1.29 is 14.0 Å². The smallest absolute Gasteiger partial charge is 0.242 e. The molecule has 0 aromatic heterocycles. The van der Waals surface area contributed by atoms with Crippen molar-refractivity contribution in [3.05, 3.63) is 71.0 Å². The fourth-order valence-corrected chi connectivity index (χ4v) is 3.73. The van der Waals surface area contributed by atoms with Crippen LogP contribution in [0.1, 0.15) is 43.9 Å². The summed E-state index contributed by atoms with van der Waals surface area (Å²) < 4.78 is 13.0. The Balaban J connectivity index is 2.06. The van der Waals surface area contributed by atoms with Crippen LogP contribution < -0.4 is 5.32 Å².